The van der Waals surface area contributed by atoms with E-state index in [9.17, 15) is 9.59 Å². The van der Waals surface area contributed by atoms with Crippen LogP contribution in [0.5, 0.6) is 0 Å². The minimum absolute atomic E-state index is 0.0508. The predicted octanol–water partition coefficient (Wildman–Crippen LogP) is 4.81. The third kappa shape index (κ3) is 2.92. The van der Waals surface area contributed by atoms with Gasteiger partial charge in [0.25, 0.3) is 0 Å². The molecule has 4 aliphatic carbocycles. The number of Topliss-reactive ketones (excluding diaryl/α,β-unsaturated/α-hetero) is 1. The number of carbonyl (C=O) groups is 2. The van der Waals surface area contributed by atoms with Crippen LogP contribution in [0.15, 0.2) is 36.8 Å². The number of fused-ring (bicyclic) bond motifs is 6. The van der Waals surface area contributed by atoms with Gasteiger partial charge in [0.15, 0.2) is 0 Å². The van der Waals surface area contributed by atoms with Crippen LogP contribution in [0.25, 0.3) is 11.3 Å². The van der Waals surface area contributed by atoms with Gasteiger partial charge in [-0.25, -0.2) is 4.98 Å². The number of hydrogen-bond acceptors (Lipinski definition) is 3. The molecule has 162 valence electrons. The van der Waals surface area contributed by atoms with Crippen molar-refractivity contribution in [3.63, 3.8) is 0 Å². The minimum Gasteiger partial charge on any atom is -0.353 e. The molecule has 1 aromatic carbocycles. The van der Waals surface area contributed by atoms with Gasteiger partial charge in [-0.2, -0.15) is 0 Å². The maximum atomic E-state index is 13.7. The van der Waals surface area contributed by atoms with Gasteiger partial charge in [0.1, 0.15) is 5.78 Å². The third-order valence-electron chi connectivity index (χ3n) is 8.99. The standard InChI is InChI=1S/C26H31N3O2/c30-23(15-21-19-7-3-4-8-20(19)22-16-27-17-29(21)22)25-9-12-26(13-10-25,14-11-25)24(31)28-18-5-1-2-6-18/h3-4,7-8,16-18,21H,1-2,5-6,9-15H2,(H,28,31). The van der Waals surface area contributed by atoms with Crippen LogP contribution in [-0.2, 0) is 9.59 Å². The van der Waals surface area contributed by atoms with E-state index in [1.54, 1.807) is 0 Å². The number of rotatable bonds is 5. The van der Waals surface area contributed by atoms with Gasteiger partial charge in [-0.15, -0.1) is 0 Å². The van der Waals surface area contributed by atoms with Crippen molar-refractivity contribution < 1.29 is 9.59 Å². The quantitative estimate of drug-likeness (QED) is 0.759. The number of carbonyl (C=O) groups excluding carboxylic acids is 2. The zero-order chi connectivity index (χ0) is 21.1. The van der Waals surface area contributed by atoms with Gasteiger partial charge >= 0.3 is 0 Å². The molecule has 5 aliphatic rings. The molecule has 1 atom stereocenters. The average Bonchev–Trinajstić information content (AvgIpc) is 3.55. The number of ketones is 1. The molecule has 0 radical (unpaired) electrons. The van der Waals surface area contributed by atoms with E-state index in [-0.39, 0.29) is 22.8 Å². The fourth-order valence-electron chi connectivity index (χ4n) is 6.89. The minimum atomic E-state index is -0.229. The Kier molecular flexibility index (Phi) is 4.38. The monoisotopic (exact) mass is 417 g/mol. The number of aromatic nitrogens is 2. The summed E-state index contributed by atoms with van der Waals surface area (Å²) < 4.78 is 2.17. The zero-order valence-corrected chi connectivity index (χ0v) is 18.1. The van der Waals surface area contributed by atoms with Crippen LogP contribution in [0.1, 0.15) is 82.2 Å². The molecular formula is C26H31N3O2. The van der Waals surface area contributed by atoms with Crippen LogP contribution in [0, 0.1) is 10.8 Å². The van der Waals surface area contributed by atoms with Crippen molar-refractivity contribution in [1.82, 2.24) is 14.9 Å². The molecule has 2 aromatic rings. The largest absolute Gasteiger partial charge is 0.353 e. The van der Waals surface area contributed by atoms with E-state index in [4.69, 9.17) is 0 Å². The Labute approximate surface area is 183 Å². The van der Waals surface area contributed by atoms with E-state index in [2.05, 4.69) is 39.1 Å². The SMILES string of the molecule is O=C(CC1c2ccccc2-c2cncn21)C12CCC(C(=O)NC3CCCC3)(CC1)CC2. The molecule has 1 amide bonds. The van der Waals surface area contributed by atoms with Crippen LogP contribution in [-0.4, -0.2) is 27.3 Å². The summed E-state index contributed by atoms with van der Waals surface area (Å²) in [6.45, 7) is 0. The molecule has 1 aromatic heterocycles. The summed E-state index contributed by atoms with van der Waals surface area (Å²) in [7, 11) is 0. The fraction of sp³-hybridized carbons (Fsp3) is 0.577. The molecule has 5 heteroatoms. The van der Waals surface area contributed by atoms with E-state index in [1.807, 2.05) is 12.5 Å². The lowest BCUT2D eigenvalue weighted by Crippen LogP contribution is -2.53. The highest BCUT2D eigenvalue weighted by atomic mass is 16.2. The van der Waals surface area contributed by atoms with Gasteiger partial charge in [-0.05, 0) is 56.9 Å². The average molecular weight is 418 g/mol. The van der Waals surface area contributed by atoms with Crippen LogP contribution >= 0.6 is 0 Å². The number of imidazole rings is 1. The molecule has 0 saturated heterocycles. The summed E-state index contributed by atoms with van der Waals surface area (Å²) in [6.07, 6.45) is 14.2. The molecule has 1 aliphatic heterocycles. The maximum absolute atomic E-state index is 13.7. The van der Waals surface area contributed by atoms with Gasteiger partial charge < -0.3 is 9.88 Å². The Morgan fingerprint density at radius 1 is 1.00 bits per heavy atom. The second-order valence-electron chi connectivity index (χ2n) is 10.4. The van der Waals surface area contributed by atoms with Crippen LogP contribution in [0.3, 0.4) is 0 Å². The molecule has 4 saturated carbocycles. The number of nitrogens with one attached hydrogen (secondary N) is 1. The first-order valence-corrected chi connectivity index (χ1v) is 12.1. The fourth-order valence-corrected chi connectivity index (χ4v) is 6.89. The summed E-state index contributed by atoms with van der Waals surface area (Å²) in [5.41, 5.74) is 3.10. The Hall–Kier alpha value is -2.43. The normalized spacial score (nSPS) is 31.4. The van der Waals surface area contributed by atoms with Crippen molar-refractivity contribution in [2.75, 3.05) is 0 Å². The summed E-state index contributed by atoms with van der Waals surface area (Å²) >= 11 is 0. The summed E-state index contributed by atoms with van der Waals surface area (Å²) in [4.78, 5) is 31.2. The van der Waals surface area contributed by atoms with E-state index < -0.39 is 0 Å². The van der Waals surface area contributed by atoms with Crippen LogP contribution in [0.2, 0.25) is 0 Å². The van der Waals surface area contributed by atoms with Gasteiger partial charge in [0.2, 0.25) is 5.91 Å². The van der Waals surface area contributed by atoms with Gasteiger partial charge in [-0.3, -0.25) is 9.59 Å². The number of amides is 1. The predicted molar refractivity (Wildman–Crippen MR) is 118 cm³/mol. The number of benzene rings is 1. The van der Waals surface area contributed by atoms with Crippen molar-refractivity contribution in [2.45, 2.75) is 82.7 Å². The van der Waals surface area contributed by atoms with Crippen LogP contribution in [0.4, 0.5) is 0 Å². The summed E-state index contributed by atoms with van der Waals surface area (Å²) in [5, 5.41) is 3.35. The second-order valence-corrected chi connectivity index (χ2v) is 10.4. The van der Waals surface area contributed by atoms with Crippen molar-refractivity contribution >= 4 is 11.7 Å². The molecule has 5 nitrogen and oxygen atoms in total. The van der Waals surface area contributed by atoms with Crippen molar-refractivity contribution in [3.8, 4) is 11.3 Å². The lowest BCUT2D eigenvalue weighted by molar-refractivity contribution is -0.150. The molecular weight excluding hydrogens is 386 g/mol. The molecule has 0 spiro atoms. The zero-order valence-electron chi connectivity index (χ0n) is 18.1. The number of nitrogens with zero attached hydrogens (tertiary/aromatic N) is 2. The molecule has 1 unspecified atom stereocenters. The lowest BCUT2D eigenvalue weighted by Gasteiger charge is -2.52. The highest BCUT2D eigenvalue weighted by Gasteiger charge is 2.55. The molecule has 4 fully saturated rings. The Balaban J connectivity index is 1.17. The van der Waals surface area contributed by atoms with Gasteiger partial charge in [-0.1, -0.05) is 37.1 Å². The van der Waals surface area contributed by atoms with Gasteiger partial charge in [0.05, 0.1) is 24.3 Å². The van der Waals surface area contributed by atoms with Crippen molar-refractivity contribution in [2.24, 2.45) is 10.8 Å². The maximum Gasteiger partial charge on any atom is 0.226 e. The highest BCUT2D eigenvalue weighted by molar-refractivity contribution is 5.89. The Bertz CT molecular complexity index is 1010. The summed E-state index contributed by atoms with van der Waals surface area (Å²) in [6, 6.07) is 8.83. The molecule has 2 heterocycles. The second kappa shape index (κ2) is 7.04. The molecule has 31 heavy (non-hydrogen) atoms. The van der Waals surface area contributed by atoms with E-state index >= 15 is 0 Å². The van der Waals surface area contributed by atoms with Crippen molar-refractivity contribution in [1.29, 1.82) is 0 Å². The third-order valence-corrected chi connectivity index (χ3v) is 8.99. The first-order valence-electron chi connectivity index (χ1n) is 12.1. The highest BCUT2D eigenvalue weighted by Crippen LogP contribution is 2.58. The number of hydrogen-bond donors (Lipinski definition) is 1. The van der Waals surface area contributed by atoms with Crippen LogP contribution < -0.4 is 5.32 Å². The first kappa shape index (κ1) is 19.3. The van der Waals surface area contributed by atoms with Crippen molar-refractivity contribution in [3.05, 3.63) is 42.4 Å². The first-order chi connectivity index (χ1) is 15.1. The molecule has 1 N–H and O–H groups in total. The topological polar surface area (TPSA) is 64.0 Å². The van der Waals surface area contributed by atoms with E-state index in [1.165, 1.54) is 24.0 Å². The Morgan fingerprint density at radius 2 is 1.68 bits per heavy atom. The van der Waals surface area contributed by atoms with E-state index in [0.717, 1.165) is 57.1 Å². The van der Waals surface area contributed by atoms with E-state index in [0.29, 0.717) is 18.2 Å². The lowest BCUT2D eigenvalue weighted by atomic mass is 9.51. The molecule has 7 rings (SSSR count). The molecule has 2 bridgehead atoms. The Morgan fingerprint density at radius 3 is 2.42 bits per heavy atom. The van der Waals surface area contributed by atoms with Gasteiger partial charge in [0, 0.05) is 28.9 Å². The smallest absolute Gasteiger partial charge is 0.226 e. The summed E-state index contributed by atoms with van der Waals surface area (Å²) in [5.74, 6) is 0.659.